The topological polar surface area (TPSA) is 51.2 Å². The van der Waals surface area contributed by atoms with Gasteiger partial charge < -0.3 is 4.79 Å². The summed E-state index contributed by atoms with van der Waals surface area (Å²) in [6.07, 6.45) is 1.80. The van der Waals surface area contributed by atoms with Crippen molar-refractivity contribution in [1.29, 1.82) is 0 Å². The van der Waals surface area contributed by atoms with Gasteiger partial charge in [0, 0.05) is 6.42 Å². The molecule has 0 spiro atoms. The highest BCUT2D eigenvalue weighted by molar-refractivity contribution is 5.96. The van der Waals surface area contributed by atoms with E-state index in [4.69, 9.17) is 0 Å². The molecular weight excluding hydrogens is 168 g/mol. The van der Waals surface area contributed by atoms with Gasteiger partial charge in [0.2, 0.25) is 0 Å². The Morgan fingerprint density at radius 2 is 1.23 bits per heavy atom. The first kappa shape index (κ1) is 14.5. The molecular formula is C10H18O3. The summed E-state index contributed by atoms with van der Waals surface area (Å²) in [4.78, 5) is 30.1. The lowest BCUT2D eigenvalue weighted by Gasteiger charge is -1.81. The van der Waals surface area contributed by atoms with Crippen molar-refractivity contribution in [2.75, 3.05) is 0 Å². The molecule has 0 aliphatic carbocycles. The molecule has 0 aliphatic heterocycles. The Morgan fingerprint density at radius 1 is 0.846 bits per heavy atom. The monoisotopic (exact) mass is 186 g/mol. The summed E-state index contributed by atoms with van der Waals surface area (Å²) in [5.74, 6) is 0.164. The molecule has 0 aromatic carbocycles. The summed E-state index contributed by atoms with van der Waals surface area (Å²) in [5.41, 5.74) is 0. The van der Waals surface area contributed by atoms with Crippen molar-refractivity contribution in [1.82, 2.24) is 0 Å². The quantitative estimate of drug-likeness (QED) is 0.630. The zero-order valence-corrected chi connectivity index (χ0v) is 8.85. The molecule has 76 valence electrons. The van der Waals surface area contributed by atoms with E-state index in [2.05, 4.69) is 0 Å². The largest absolute Gasteiger partial charge is 0.300 e. The molecule has 0 aromatic heterocycles. The zero-order valence-electron chi connectivity index (χ0n) is 8.85. The summed E-state index contributed by atoms with van der Waals surface area (Å²) in [7, 11) is 0. The molecule has 0 unspecified atom stereocenters. The van der Waals surface area contributed by atoms with Crippen LogP contribution in [0.15, 0.2) is 0 Å². The summed E-state index contributed by atoms with van der Waals surface area (Å²) < 4.78 is 0. The summed E-state index contributed by atoms with van der Waals surface area (Å²) >= 11 is 0. The number of hydrogen-bond acceptors (Lipinski definition) is 3. The predicted octanol–water partition coefficient (Wildman–Crippen LogP) is 1.93. The van der Waals surface area contributed by atoms with Gasteiger partial charge in [0.15, 0.2) is 0 Å². The van der Waals surface area contributed by atoms with E-state index >= 15 is 0 Å². The van der Waals surface area contributed by atoms with Gasteiger partial charge in [-0.1, -0.05) is 6.92 Å². The van der Waals surface area contributed by atoms with Crippen molar-refractivity contribution < 1.29 is 14.4 Å². The van der Waals surface area contributed by atoms with Crippen LogP contribution in [0.4, 0.5) is 0 Å². The van der Waals surface area contributed by atoms with Gasteiger partial charge in [0.1, 0.15) is 17.3 Å². The van der Waals surface area contributed by atoms with Crippen molar-refractivity contribution in [3.63, 3.8) is 0 Å². The molecule has 0 rings (SSSR count). The zero-order chi connectivity index (χ0) is 10.9. The fourth-order valence-electron chi connectivity index (χ4n) is 0.703. The van der Waals surface area contributed by atoms with Crippen molar-refractivity contribution in [2.45, 2.75) is 47.0 Å². The second kappa shape index (κ2) is 9.10. The van der Waals surface area contributed by atoms with Crippen LogP contribution in [0.25, 0.3) is 0 Å². The second-order valence-corrected chi connectivity index (χ2v) is 3.03. The maximum Gasteiger partial charge on any atom is 0.137 e. The first-order valence-electron chi connectivity index (χ1n) is 4.38. The molecule has 13 heavy (non-hydrogen) atoms. The summed E-state index contributed by atoms with van der Waals surface area (Å²) in [6, 6.07) is 0. The number of hydrogen-bond donors (Lipinski definition) is 0. The molecule has 0 fully saturated rings. The Labute approximate surface area is 79.5 Å². The molecule has 0 bridgehead atoms. The minimum absolute atomic E-state index is 0.0625. The first-order valence-corrected chi connectivity index (χ1v) is 4.38. The van der Waals surface area contributed by atoms with Crippen molar-refractivity contribution >= 4 is 17.3 Å². The SMILES string of the molecule is CC(=O)CC(C)=O.CCCC(C)=O. The number of Topliss-reactive ketones (excluding diaryl/α,β-unsaturated/α-hetero) is 3. The maximum atomic E-state index is 10.0. The average Bonchev–Trinajstić information content (AvgIpc) is 1.83. The van der Waals surface area contributed by atoms with Crippen LogP contribution in [0.3, 0.4) is 0 Å². The van der Waals surface area contributed by atoms with Crippen molar-refractivity contribution in [3.05, 3.63) is 0 Å². The highest BCUT2D eigenvalue weighted by Gasteiger charge is 1.94. The Morgan fingerprint density at radius 3 is 1.23 bits per heavy atom. The molecule has 0 saturated carbocycles. The van der Waals surface area contributed by atoms with Gasteiger partial charge in [-0.2, -0.15) is 0 Å². The van der Waals surface area contributed by atoms with E-state index in [1.807, 2.05) is 6.92 Å². The molecule has 3 nitrogen and oxygen atoms in total. The maximum absolute atomic E-state index is 10.0. The predicted molar refractivity (Wildman–Crippen MR) is 51.6 cm³/mol. The molecule has 3 heteroatoms. The van der Waals surface area contributed by atoms with Gasteiger partial charge in [0.05, 0.1) is 6.42 Å². The number of carbonyl (C=O) groups is 3. The van der Waals surface area contributed by atoms with Crippen LogP contribution >= 0.6 is 0 Å². The lowest BCUT2D eigenvalue weighted by molar-refractivity contribution is -0.124. The lowest BCUT2D eigenvalue weighted by Crippen LogP contribution is -1.97. The van der Waals surface area contributed by atoms with Crippen LogP contribution < -0.4 is 0 Å². The molecule has 0 N–H and O–H groups in total. The van der Waals surface area contributed by atoms with Crippen LogP contribution in [-0.2, 0) is 14.4 Å². The van der Waals surface area contributed by atoms with Crippen molar-refractivity contribution in [3.8, 4) is 0 Å². The minimum Gasteiger partial charge on any atom is -0.300 e. The third-order valence-electron chi connectivity index (χ3n) is 1.10. The van der Waals surface area contributed by atoms with Gasteiger partial charge in [-0.3, -0.25) is 9.59 Å². The fraction of sp³-hybridized carbons (Fsp3) is 0.700. The first-order chi connectivity index (χ1) is 5.90. The summed E-state index contributed by atoms with van der Waals surface area (Å²) in [6.45, 7) is 6.42. The van der Waals surface area contributed by atoms with E-state index in [9.17, 15) is 14.4 Å². The molecule has 0 heterocycles. The smallest absolute Gasteiger partial charge is 0.137 e. The van der Waals surface area contributed by atoms with Crippen LogP contribution in [0.1, 0.15) is 47.0 Å². The van der Waals surface area contributed by atoms with Gasteiger partial charge in [0.25, 0.3) is 0 Å². The standard InChI is InChI=1S/C5H8O2.C5H10O/c1-4(6)3-5(2)7;1-3-4-5(2)6/h3H2,1-2H3;3-4H2,1-2H3. The number of ketones is 3. The second-order valence-electron chi connectivity index (χ2n) is 3.03. The molecule has 0 aliphatic rings. The summed E-state index contributed by atoms with van der Waals surface area (Å²) in [5, 5.41) is 0. The van der Waals surface area contributed by atoms with Crippen LogP contribution in [-0.4, -0.2) is 17.3 Å². The Hall–Kier alpha value is -0.990. The third kappa shape index (κ3) is 24.7. The van der Waals surface area contributed by atoms with E-state index in [0.717, 1.165) is 12.8 Å². The third-order valence-corrected chi connectivity index (χ3v) is 1.10. The Balaban J connectivity index is 0. The van der Waals surface area contributed by atoms with Crippen LogP contribution in [0.5, 0.6) is 0 Å². The van der Waals surface area contributed by atoms with Crippen LogP contribution in [0.2, 0.25) is 0 Å². The van der Waals surface area contributed by atoms with Gasteiger partial charge in [-0.05, 0) is 27.2 Å². The van der Waals surface area contributed by atoms with Gasteiger partial charge in [-0.25, -0.2) is 0 Å². The van der Waals surface area contributed by atoms with Gasteiger partial charge >= 0.3 is 0 Å². The molecule has 0 aromatic rings. The van der Waals surface area contributed by atoms with Crippen LogP contribution in [0, 0.1) is 0 Å². The normalized spacial score (nSPS) is 8.31. The average molecular weight is 186 g/mol. The van der Waals surface area contributed by atoms with Gasteiger partial charge in [-0.15, -0.1) is 0 Å². The highest BCUT2D eigenvalue weighted by atomic mass is 16.1. The highest BCUT2D eigenvalue weighted by Crippen LogP contribution is 1.84. The molecule has 0 atom stereocenters. The van der Waals surface area contributed by atoms with E-state index < -0.39 is 0 Å². The van der Waals surface area contributed by atoms with E-state index in [1.165, 1.54) is 13.8 Å². The number of carbonyl (C=O) groups excluding carboxylic acids is 3. The van der Waals surface area contributed by atoms with E-state index in [-0.39, 0.29) is 23.8 Å². The fourth-order valence-corrected chi connectivity index (χ4v) is 0.703. The Bertz CT molecular complexity index is 171. The number of rotatable bonds is 4. The Kier molecular flexibility index (Phi) is 10.2. The molecule has 0 radical (unpaired) electrons. The van der Waals surface area contributed by atoms with Crippen molar-refractivity contribution in [2.24, 2.45) is 0 Å². The van der Waals surface area contributed by atoms with E-state index in [0.29, 0.717) is 0 Å². The lowest BCUT2D eigenvalue weighted by atomic mass is 10.2. The molecule has 0 amide bonds. The minimum atomic E-state index is -0.0625. The van der Waals surface area contributed by atoms with E-state index in [1.54, 1.807) is 6.92 Å². The molecule has 0 saturated heterocycles.